The van der Waals surface area contributed by atoms with E-state index in [-0.39, 0.29) is 12.5 Å². The van der Waals surface area contributed by atoms with Crippen LogP contribution in [-0.2, 0) is 19.1 Å². The first-order chi connectivity index (χ1) is 8.06. The van der Waals surface area contributed by atoms with Gasteiger partial charge in [-0.05, 0) is 19.8 Å². The van der Waals surface area contributed by atoms with Crippen LogP contribution < -0.4 is 16.4 Å². The fraction of sp³-hybridized carbons (Fsp3) is 0.700. The molecule has 1 aliphatic rings. The molecule has 0 aromatic carbocycles. The average Bonchev–Trinajstić information content (AvgIpc) is 2.31. The van der Waals surface area contributed by atoms with Crippen molar-refractivity contribution < 1.29 is 19.1 Å². The van der Waals surface area contributed by atoms with Crippen molar-refractivity contribution in [3.05, 3.63) is 0 Å². The summed E-state index contributed by atoms with van der Waals surface area (Å²) in [6.07, 6.45) is 1.33. The normalized spacial score (nSPS) is 21.3. The number of amides is 2. The summed E-state index contributed by atoms with van der Waals surface area (Å²) < 4.78 is 4.62. The van der Waals surface area contributed by atoms with Gasteiger partial charge in [0.2, 0.25) is 11.8 Å². The zero-order valence-corrected chi connectivity index (χ0v) is 9.69. The van der Waals surface area contributed by atoms with Crippen LogP contribution in [0.3, 0.4) is 0 Å². The van der Waals surface area contributed by atoms with Gasteiger partial charge in [0.25, 0.3) is 0 Å². The topological polar surface area (TPSA) is 111 Å². The first-order valence-corrected chi connectivity index (χ1v) is 5.56. The first-order valence-electron chi connectivity index (χ1n) is 5.56. The van der Waals surface area contributed by atoms with Gasteiger partial charge in [-0.3, -0.25) is 9.59 Å². The van der Waals surface area contributed by atoms with Gasteiger partial charge in [-0.25, -0.2) is 4.79 Å². The largest absolute Gasteiger partial charge is 0.464 e. The molecule has 2 atom stereocenters. The third-order valence-electron chi connectivity index (χ3n) is 2.42. The van der Waals surface area contributed by atoms with Crippen LogP contribution in [0.15, 0.2) is 0 Å². The van der Waals surface area contributed by atoms with Gasteiger partial charge < -0.3 is 21.1 Å². The number of hydrogen-bond donors (Lipinski definition) is 3. The van der Waals surface area contributed by atoms with E-state index in [0.717, 1.165) is 6.42 Å². The predicted octanol–water partition coefficient (Wildman–Crippen LogP) is -1.73. The highest BCUT2D eigenvalue weighted by Crippen LogP contribution is 2.03. The Bertz CT molecular complexity index is 319. The molecule has 1 rings (SSSR count). The molecular weight excluding hydrogens is 226 g/mol. The van der Waals surface area contributed by atoms with Crippen LogP contribution in [0.5, 0.6) is 0 Å². The molecule has 7 heteroatoms. The molecule has 17 heavy (non-hydrogen) atoms. The molecular formula is C10H17N3O4. The lowest BCUT2D eigenvalue weighted by molar-refractivity contribution is -0.148. The van der Waals surface area contributed by atoms with Crippen LogP contribution in [0.4, 0.5) is 0 Å². The van der Waals surface area contributed by atoms with Gasteiger partial charge in [0.05, 0.1) is 6.61 Å². The smallest absolute Gasteiger partial charge is 0.332 e. The summed E-state index contributed by atoms with van der Waals surface area (Å²) in [5, 5.41) is 5.05. The Morgan fingerprint density at radius 2 is 2.35 bits per heavy atom. The maximum absolute atomic E-state index is 11.6. The molecule has 7 nitrogen and oxygen atoms in total. The number of carbonyl (C=O) groups is 3. The van der Waals surface area contributed by atoms with E-state index in [2.05, 4.69) is 15.4 Å². The van der Waals surface area contributed by atoms with Crippen LogP contribution in [-0.4, -0.2) is 43.0 Å². The van der Waals surface area contributed by atoms with Gasteiger partial charge in [-0.2, -0.15) is 0 Å². The van der Waals surface area contributed by atoms with Crippen molar-refractivity contribution in [2.75, 3.05) is 13.2 Å². The highest BCUT2D eigenvalue weighted by Gasteiger charge is 2.29. The number of piperidine rings is 1. The molecule has 2 amide bonds. The summed E-state index contributed by atoms with van der Waals surface area (Å²) in [4.78, 5) is 34.1. The Balaban J connectivity index is 2.47. The van der Waals surface area contributed by atoms with E-state index in [0.29, 0.717) is 13.0 Å². The molecule has 0 aromatic rings. The van der Waals surface area contributed by atoms with Crippen molar-refractivity contribution in [2.45, 2.75) is 31.8 Å². The lowest BCUT2D eigenvalue weighted by Crippen LogP contribution is -2.55. The van der Waals surface area contributed by atoms with Crippen molar-refractivity contribution in [1.82, 2.24) is 10.6 Å². The van der Waals surface area contributed by atoms with Crippen LogP contribution in [0.1, 0.15) is 19.8 Å². The van der Waals surface area contributed by atoms with E-state index in [1.165, 1.54) is 0 Å². The van der Waals surface area contributed by atoms with E-state index < -0.39 is 24.0 Å². The zero-order valence-electron chi connectivity index (χ0n) is 9.69. The Morgan fingerprint density at radius 3 is 2.94 bits per heavy atom. The average molecular weight is 243 g/mol. The third-order valence-corrected chi connectivity index (χ3v) is 2.42. The molecule has 4 N–H and O–H groups in total. The maximum Gasteiger partial charge on any atom is 0.332 e. The van der Waals surface area contributed by atoms with E-state index in [1.54, 1.807) is 6.92 Å². The SMILES string of the molecule is CCOC(=O)C(N)C(=O)NC1CCCNC1=O. The minimum atomic E-state index is -1.38. The predicted molar refractivity (Wildman–Crippen MR) is 58.8 cm³/mol. The quantitative estimate of drug-likeness (QED) is 0.401. The summed E-state index contributed by atoms with van der Waals surface area (Å²) in [5.74, 6) is -1.73. The molecule has 0 aliphatic carbocycles. The van der Waals surface area contributed by atoms with Crippen molar-refractivity contribution in [2.24, 2.45) is 5.73 Å². The number of nitrogens with two attached hydrogens (primary N) is 1. The Labute approximate surface area is 99.1 Å². The van der Waals surface area contributed by atoms with E-state index in [9.17, 15) is 14.4 Å². The van der Waals surface area contributed by atoms with E-state index >= 15 is 0 Å². The van der Waals surface area contributed by atoms with Gasteiger partial charge in [0, 0.05) is 6.54 Å². The Kier molecular flexibility index (Phi) is 4.89. The second-order valence-corrected chi connectivity index (χ2v) is 3.72. The van der Waals surface area contributed by atoms with Gasteiger partial charge in [0.1, 0.15) is 6.04 Å². The maximum atomic E-state index is 11.6. The Morgan fingerprint density at radius 1 is 1.65 bits per heavy atom. The molecule has 0 bridgehead atoms. The molecule has 0 saturated carbocycles. The van der Waals surface area contributed by atoms with Gasteiger partial charge >= 0.3 is 5.97 Å². The lowest BCUT2D eigenvalue weighted by atomic mass is 10.1. The van der Waals surface area contributed by atoms with Crippen LogP contribution >= 0.6 is 0 Å². The summed E-state index contributed by atoms with van der Waals surface area (Å²) >= 11 is 0. The van der Waals surface area contributed by atoms with Crippen LogP contribution in [0.25, 0.3) is 0 Å². The Hall–Kier alpha value is -1.63. The molecule has 1 aliphatic heterocycles. The lowest BCUT2D eigenvalue weighted by Gasteiger charge is -2.23. The number of ether oxygens (including phenoxy) is 1. The van der Waals surface area contributed by atoms with Crippen molar-refractivity contribution in [1.29, 1.82) is 0 Å². The van der Waals surface area contributed by atoms with Crippen LogP contribution in [0, 0.1) is 0 Å². The fourth-order valence-electron chi connectivity index (χ4n) is 1.51. The standard InChI is InChI=1S/C10H17N3O4/c1-2-17-10(16)7(11)9(15)13-6-4-3-5-12-8(6)14/h6-7H,2-5,11H2,1H3,(H,12,14)(H,13,15). The molecule has 1 fully saturated rings. The molecule has 2 unspecified atom stereocenters. The van der Waals surface area contributed by atoms with Crippen molar-refractivity contribution >= 4 is 17.8 Å². The van der Waals surface area contributed by atoms with Crippen LogP contribution in [0.2, 0.25) is 0 Å². The first kappa shape index (κ1) is 13.4. The van der Waals surface area contributed by atoms with Gasteiger partial charge in [-0.15, -0.1) is 0 Å². The summed E-state index contributed by atoms with van der Waals surface area (Å²) in [6.45, 7) is 2.38. The summed E-state index contributed by atoms with van der Waals surface area (Å²) in [7, 11) is 0. The van der Waals surface area contributed by atoms with E-state index in [4.69, 9.17) is 5.73 Å². The van der Waals surface area contributed by atoms with Gasteiger partial charge in [0.15, 0.2) is 6.04 Å². The highest BCUT2D eigenvalue weighted by atomic mass is 16.5. The molecule has 96 valence electrons. The van der Waals surface area contributed by atoms with Crippen molar-refractivity contribution in [3.63, 3.8) is 0 Å². The number of nitrogens with one attached hydrogen (secondary N) is 2. The zero-order chi connectivity index (χ0) is 12.8. The second kappa shape index (κ2) is 6.19. The van der Waals surface area contributed by atoms with E-state index in [1.807, 2.05) is 0 Å². The molecule has 1 saturated heterocycles. The molecule has 0 spiro atoms. The monoisotopic (exact) mass is 243 g/mol. The summed E-state index contributed by atoms with van der Waals surface area (Å²) in [6, 6.07) is -2.00. The van der Waals surface area contributed by atoms with Crippen molar-refractivity contribution in [3.8, 4) is 0 Å². The number of hydrogen-bond acceptors (Lipinski definition) is 5. The molecule has 1 heterocycles. The minimum absolute atomic E-state index is 0.156. The second-order valence-electron chi connectivity index (χ2n) is 3.72. The number of esters is 1. The van der Waals surface area contributed by atoms with Gasteiger partial charge in [-0.1, -0.05) is 0 Å². The summed E-state index contributed by atoms with van der Waals surface area (Å²) in [5.41, 5.74) is 5.39. The number of rotatable bonds is 4. The number of carbonyl (C=O) groups excluding carboxylic acids is 3. The fourth-order valence-corrected chi connectivity index (χ4v) is 1.51. The molecule has 0 aromatic heterocycles. The minimum Gasteiger partial charge on any atom is -0.464 e. The highest BCUT2D eigenvalue weighted by molar-refractivity contribution is 6.03. The third kappa shape index (κ3) is 3.70. The molecule has 0 radical (unpaired) electrons.